The molecule has 0 unspecified atom stereocenters. The van der Waals surface area contributed by atoms with E-state index in [0.717, 1.165) is 9.80 Å². The zero-order chi connectivity index (χ0) is 16.7. The summed E-state index contributed by atoms with van der Waals surface area (Å²) in [6, 6.07) is 11.7. The fourth-order valence-corrected chi connectivity index (χ4v) is 2.49. The second-order valence-corrected chi connectivity index (χ2v) is 6.37. The Bertz CT molecular complexity index is 697. The number of carbonyl (C=O) groups is 1. The van der Waals surface area contributed by atoms with Crippen LogP contribution in [0.4, 0.5) is 4.39 Å². The topological polar surface area (TPSA) is 26.3 Å². The van der Waals surface area contributed by atoms with Crippen molar-refractivity contribution in [3.05, 3.63) is 76.0 Å². The first kappa shape index (κ1) is 17.9. The molecule has 0 heterocycles. The molecule has 0 spiro atoms. The zero-order valence-electron chi connectivity index (χ0n) is 12.3. The number of hydrogen-bond donors (Lipinski definition) is 0. The quantitative estimate of drug-likeness (QED) is 0.329. The van der Waals surface area contributed by atoms with Crippen LogP contribution in [0.5, 0.6) is 5.75 Å². The monoisotopic (exact) mass is 440 g/mol. The predicted octanol–water partition coefficient (Wildman–Crippen LogP) is 5.34. The molecule has 2 aromatic rings. The second kappa shape index (κ2) is 8.99. The van der Waals surface area contributed by atoms with Crippen LogP contribution in [0.3, 0.4) is 0 Å². The average molecular weight is 442 g/mol. The Hall–Kier alpha value is -1.46. The van der Waals surface area contributed by atoms with E-state index in [9.17, 15) is 9.18 Å². The van der Waals surface area contributed by atoms with Gasteiger partial charge in [0.1, 0.15) is 6.61 Å². The highest BCUT2D eigenvalue weighted by atomic mass is 79.9. The molecule has 120 valence electrons. The van der Waals surface area contributed by atoms with E-state index >= 15 is 0 Å². The van der Waals surface area contributed by atoms with Crippen molar-refractivity contribution in [2.24, 2.45) is 0 Å². The summed E-state index contributed by atoms with van der Waals surface area (Å²) in [6.45, 7) is 0.305. The lowest BCUT2D eigenvalue weighted by Gasteiger charge is -2.07. The first-order valence-electron chi connectivity index (χ1n) is 7.01. The van der Waals surface area contributed by atoms with Crippen LogP contribution in [0, 0.1) is 5.82 Å². The van der Waals surface area contributed by atoms with Gasteiger partial charge >= 0.3 is 0 Å². The van der Waals surface area contributed by atoms with Gasteiger partial charge in [0.2, 0.25) is 0 Å². The third-order valence-corrected chi connectivity index (χ3v) is 4.02. The number of ketones is 1. The third kappa shape index (κ3) is 5.59. The first-order chi connectivity index (χ1) is 11.1. The van der Waals surface area contributed by atoms with Gasteiger partial charge in [0.25, 0.3) is 0 Å². The summed E-state index contributed by atoms with van der Waals surface area (Å²) in [7, 11) is 0. The molecule has 0 saturated heterocycles. The number of benzene rings is 2. The van der Waals surface area contributed by atoms with Crippen LogP contribution in [0.2, 0.25) is 0 Å². The van der Waals surface area contributed by atoms with Gasteiger partial charge in [0, 0.05) is 21.8 Å². The first-order valence-corrected chi connectivity index (χ1v) is 8.92. The molecule has 23 heavy (non-hydrogen) atoms. The standard InChI is InChI=1S/C18H15Br2FO2/c19-9-1-2-10-23-18-8-3-13(11-16(18)21)12-17(22)14-4-6-15(20)7-5-14/h1-8,11H,9-10,12H2/b2-1+. The number of halogens is 3. The maximum atomic E-state index is 14.0. The van der Waals surface area contributed by atoms with Crippen molar-refractivity contribution in [2.75, 3.05) is 11.9 Å². The molecule has 0 aliphatic rings. The van der Waals surface area contributed by atoms with Crippen molar-refractivity contribution >= 4 is 37.6 Å². The molecule has 5 heteroatoms. The molecule has 0 atom stereocenters. The molecular weight excluding hydrogens is 427 g/mol. The lowest BCUT2D eigenvalue weighted by molar-refractivity contribution is 0.0993. The Morgan fingerprint density at radius 2 is 1.87 bits per heavy atom. The van der Waals surface area contributed by atoms with Crippen LogP contribution in [0.15, 0.2) is 59.1 Å². The van der Waals surface area contributed by atoms with Crippen molar-refractivity contribution in [3.8, 4) is 5.75 Å². The molecule has 0 amide bonds. The number of Topliss-reactive ketones (excluding diaryl/α,β-unsaturated/α-hetero) is 1. The Morgan fingerprint density at radius 1 is 1.13 bits per heavy atom. The molecule has 2 aromatic carbocycles. The Labute approximate surface area is 151 Å². The Balaban J connectivity index is 2.01. The van der Waals surface area contributed by atoms with Crippen LogP contribution < -0.4 is 4.74 Å². The summed E-state index contributed by atoms with van der Waals surface area (Å²) < 4.78 is 20.2. The summed E-state index contributed by atoms with van der Waals surface area (Å²) >= 11 is 6.58. The molecular formula is C18H15Br2FO2. The van der Waals surface area contributed by atoms with Crippen LogP contribution in [0.1, 0.15) is 15.9 Å². The number of alkyl halides is 1. The highest BCUT2D eigenvalue weighted by Crippen LogP contribution is 2.20. The van der Waals surface area contributed by atoms with E-state index in [1.54, 1.807) is 30.3 Å². The van der Waals surface area contributed by atoms with E-state index in [2.05, 4.69) is 31.9 Å². The van der Waals surface area contributed by atoms with E-state index in [0.29, 0.717) is 17.7 Å². The Kier molecular flexibility index (Phi) is 6.99. The molecule has 0 aliphatic carbocycles. The second-order valence-electron chi connectivity index (χ2n) is 4.81. The maximum absolute atomic E-state index is 14.0. The minimum Gasteiger partial charge on any atom is -0.486 e. The van der Waals surface area contributed by atoms with Crippen molar-refractivity contribution < 1.29 is 13.9 Å². The van der Waals surface area contributed by atoms with Gasteiger partial charge in [0.15, 0.2) is 17.3 Å². The average Bonchev–Trinajstić information content (AvgIpc) is 2.54. The van der Waals surface area contributed by atoms with Crippen molar-refractivity contribution in [1.29, 1.82) is 0 Å². The van der Waals surface area contributed by atoms with Crippen LogP contribution >= 0.6 is 31.9 Å². The van der Waals surface area contributed by atoms with E-state index in [1.807, 2.05) is 18.2 Å². The highest BCUT2D eigenvalue weighted by molar-refractivity contribution is 9.10. The number of ether oxygens (including phenoxy) is 1. The zero-order valence-corrected chi connectivity index (χ0v) is 15.4. The minimum atomic E-state index is -0.460. The van der Waals surface area contributed by atoms with Crippen molar-refractivity contribution in [1.82, 2.24) is 0 Å². The van der Waals surface area contributed by atoms with Crippen molar-refractivity contribution in [3.63, 3.8) is 0 Å². The summed E-state index contributed by atoms with van der Waals surface area (Å²) in [5.41, 5.74) is 1.23. The SMILES string of the molecule is O=C(Cc1ccc(OC/C=C/CBr)c(F)c1)c1ccc(Br)cc1. The summed E-state index contributed by atoms with van der Waals surface area (Å²) in [5.74, 6) is -0.326. The summed E-state index contributed by atoms with van der Waals surface area (Å²) in [6.07, 6.45) is 3.84. The highest BCUT2D eigenvalue weighted by Gasteiger charge is 2.10. The molecule has 0 radical (unpaired) electrons. The van der Waals surface area contributed by atoms with Gasteiger partial charge in [-0.1, -0.05) is 62.2 Å². The van der Waals surface area contributed by atoms with E-state index in [4.69, 9.17) is 4.74 Å². The van der Waals surface area contributed by atoms with Gasteiger partial charge in [-0.25, -0.2) is 4.39 Å². The molecule has 0 aromatic heterocycles. The molecule has 0 bridgehead atoms. The van der Waals surface area contributed by atoms with Crippen molar-refractivity contribution in [2.45, 2.75) is 6.42 Å². The van der Waals surface area contributed by atoms with Gasteiger partial charge in [-0.05, 0) is 29.8 Å². The smallest absolute Gasteiger partial charge is 0.167 e. The molecule has 0 fully saturated rings. The number of rotatable bonds is 7. The minimum absolute atomic E-state index is 0.0502. The lowest BCUT2D eigenvalue weighted by Crippen LogP contribution is -2.04. The van der Waals surface area contributed by atoms with Gasteiger partial charge in [-0.3, -0.25) is 4.79 Å². The molecule has 2 nitrogen and oxygen atoms in total. The normalized spacial score (nSPS) is 10.9. The fourth-order valence-electron chi connectivity index (χ4n) is 1.96. The van der Waals surface area contributed by atoms with Crippen LogP contribution in [-0.4, -0.2) is 17.7 Å². The lowest BCUT2D eigenvalue weighted by atomic mass is 10.0. The maximum Gasteiger partial charge on any atom is 0.167 e. The fraction of sp³-hybridized carbons (Fsp3) is 0.167. The van der Waals surface area contributed by atoms with Gasteiger partial charge in [-0.2, -0.15) is 0 Å². The Morgan fingerprint density at radius 3 is 2.52 bits per heavy atom. The number of carbonyl (C=O) groups excluding carboxylic acids is 1. The van der Waals surface area contributed by atoms with Crippen LogP contribution in [0.25, 0.3) is 0 Å². The summed E-state index contributed by atoms with van der Waals surface area (Å²) in [5, 5.41) is 0.732. The molecule has 0 saturated carbocycles. The number of allylic oxidation sites excluding steroid dienone is 1. The van der Waals surface area contributed by atoms with E-state index < -0.39 is 5.82 Å². The molecule has 2 rings (SSSR count). The number of hydrogen-bond acceptors (Lipinski definition) is 2. The third-order valence-electron chi connectivity index (χ3n) is 3.12. The van der Waals surface area contributed by atoms with Gasteiger partial charge < -0.3 is 4.74 Å². The molecule has 0 N–H and O–H groups in total. The predicted molar refractivity (Wildman–Crippen MR) is 97.0 cm³/mol. The van der Waals surface area contributed by atoms with Gasteiger partial charge in [-0.15, -0.1) is 0 Å². The van der Waals surface area contributed by atoms with Crippen LogP contribution in [-0.2, 0) is 6.42 Å². The largest absolute Gasteiger partial charge is 0.486 e. The van der Waals surface area contributed by atoms with Gasteiger partial charge in [0.05, 0.1) is 0 Å². The molecule has 0 aliphatic heterocycles. The van der Waals surface area contributed by atoms with E-state index in [1.165, 1.54) is 6.07 Å². The summed E-state index contributed by atoms with van der Waals surface area (Å²) in [4.78, 5) is 12.2. The van der Waals surface area contributed by atoms with E-state index in [-0.39, 0.29) is 18.0 Å².